The average molecular weight is 462 g/mol. The Balaban J connectivity index is 1.52. The van der Waals surface area contributed by atoms with E-state index in [0.717, 1.165) is 31.2 Å². The predicted molar refractivity (Wildman–Crippen MR) is 130 cm³/mol. The summed E-state index contributed by atoms with van der Waals surface area (Å²) in [5.74, 6) is 0.380. The number of carbonyl (C=O) groups is 1. The molecule has 7 nitrogen and oxygen atoms in total. The van der Waals surface area contributed by atoms with E-state index < -0.39 is 5.69 Å². The maximum absolute atomic E-state index is 13.4. The molecule has 7 heteroatoms. The molecular weight excluding hydrogens is 430 g/mol. The molecule has 1 N–H and O–H groups in total. The van der Waals surface area contributed by atoms with Crippen molar-refractivity contribution < 1.29 is 14.3 Å². The van der Waals surface area contributed by atoms with E-state index in [1.165, 1.54) is 17.2 Å². The zero-order valence-electron chi connectivity index (χ0n) is 19.7. The Hall–Kier alpha value is -3.61. The number of rotatable bonds is 8. The summed E-state index contributed by atoms with van der Waals surface area (Å²) in [4.78, 5) is 29.9. The van der Waals surface area contributed by atoms with Crippen LogP contribution in [0.5, 0.6) is 11.6 Å². The maximum atomic E-state index is 13.4. The van der Waals surface area contributed by atoms with Gasteiger partial charge >= 0.3 is 5.69 Å². The molecule has 1 heterocycles. The van der Waals surface area contributed by atoms with Crippen molar-refractivity contribution in [2.45, 2.75) is 51.2 Å². The fraction of sp³-hybridized carbons (Fsp3) is 0.370. The minimum absolute atomic E-state index is 0.0354. The largest absolute Gasteiger partial charge is 0.481 e. The van der Waals surface area contributed by atoms with Crippen molar-refractivity contribution in [2.24, 2.45) is 7.05 Å². The molecule has 0 unspecified atom stereocenters. The van der Waals surface area contributed by atoms with Crippen molar-refractivity contribution in [3.05, 3.63) is 88.0 Å². The number of hydrogen-bond acceptors (Lipinski definition) is 5. The number of carbonyl (C=O) groups excluding carboxylic acids is 1. The number of nitrogens with one attached hydrogen (secondary N) is 1. The summed E-state index contributed by atoms with van der Waals surface area (Å²) in [6.07, 6.45) is 3.77. The molecule has 2 aromatic carbocycles. The second-order valence-corrected chi connectivity index (χ2v) is 8.58. The normalized spacial score (nSPS) is 17.7. The van der Waals surface area contributed by atoms with Gasteiger partial charge in [0.1, 0.15) is 6.61 Å². The molecule has 178 valence electrons. The number of aromatic nitrogens is 2. The van der Waals surface area contributed by atoms with Crippen molar-refractivity contribution in [3.8, 4) is 11.6 Å². The van der Waals surface area contributed by atoms with Gasteiger partial charge in [-0.25, -0.2) is 4.79 Å². The lowest BCUT2D eigenvalue weighted by Crippen LogP contribution is -2.40. The summed E-state index contributed by atoms with van der Waals surface area (Å²) in [5, 5.41) is 3.12. The van der Waals surface area contributed by atoms with E-state index in [2.05, 4.69) is 34.6 Å². The van der Waals surface area contributed by atoms with Crippen LogP contribution in [-0.2, 0) is 13.7 Å². The molecule has 1 aromatic heterocycles. The van der Waals surface area contributed by atoms with Crippen LogP contribution in [0, 0.1) is 0 Å². The molecule has 4 rings (SSSR count). The molecule has 3 aromatic rings. The lowest BCUT2D eigenvalue weighted by atomic mass is 9.82. The lowest BCUT2D eigenvalue weighted by Gasteiger charge is -2.29. The molecule has 1 aliphatic rings. The van der Waals surface area contributed by atoms with E-state index in [9.17, 15) is 9.59 Å². The van der Waals surface area contributed by atoms with Crippen molar-refractivity contribution in [1.82, 2.24) is 14.9 Å². The molecule has 34 heavy (non-hydrogen) atoms. The second kappa shape index (κ2) is 11.0. The fourth-order valence-corrected chi connectivity index (χ4v) is 4.46. The average Bonchev–Trinajstić information content (AvgIpc) is 2.87. The lowest BCUT2D eigenvalue weighted by molar-refractivity contribution is 0.0908. The molecule has 1 amide bonds. The van der Waals surface area contributed by atoms with Gasteiger partial charge in [0.2, 0.25) is 5.75 Å². The number of ether oxygens (including phenoxy) is 2. The first-order valence-corrected chi connectivity index (χ1v) is 11.8. The van der Waals surface area contributed by atoms with E-state index >= 15 is 0 Å². The first-order chi connectivity index (χ1) is 16.6. The van der Waals surface area contributed by atoms with Gasteiger partial charge in [0.15, 0.2) is 5.69 Å². The van der Waals surface area contributed by atoms with Crippen LogP contribution in [0.1, 0.15) is 60.1 Å². The zero-order valence-corrected chi connectivity index (χ0v) is 19.7. The van der Waals surface area contributed by atoms with Gasteiger partial charge in [0, 0.05) is 13.1 Å². The maximum Gasteiger partial charge on any atom is 0.351 e. The Kier molecular flexibility index (Phi) is 7.62. The van der Waals surface area contributed by atoms with E-state index in [1.807, 2.05) is 36.4 Å². The minimum atomic E-state index is -0.562. The Bertz CT molecular complexity index is 1150. The Morgan fingerprint density at radius 1 is 1.00 bits per heavy atom. The van der Waals surface area contributed by atoms with Crippen LogP contribution in [-0.4, -0.2) is 28.1 Å². The molecule has 0 spiro atoms. The smallest absolute Gasteiger partial charge is 0.351 e. The molecule has 1 fully saturated rings. The van der Waals surface area contributed by atoms with Crippen LogP contribution < -0.4 is 20.5 Å². The quantitative estimate of drug-likeness (QED) is 0.543. The van der Waals surface area contributed by atoms with Gasteiger partial charge in [-0.1, -0.05) is 60.7 Å². The fourth-order valence-electron chi connectivity index (χ4n) is 4.46. The highest BCUT2D eigenvalue weighted by atomic mass is 16.5. The number of nitrogens with zero attached hydrogens (tertiary/aromatic N) is 2. The molecule has 0 saturated heterocycles. The summed E-state index contributed by atoms with van der Waals surface area (Å²) in [7, 11) is 1.53. The summed E-state index contributed by atoms with van der Waals surface area (Å²) < 4.78 is 12.8. The Morgan fingerprint density at radius 2 is 1.65 bits per heavy atom. The summed E-state index contributed by atoms with van der Waals surface area (Å²) in [5.41, 5.74) is 1.85. The molecule has 0 atom stereocenters. The molecule has 1 aliphatic carbocycles. The van der Waals surface area contributed by atoms with Gasteiger partial charge in [-0.15, -0.1) is 0 Å². The first-order valence-electron chi connectivity index (χ1n) is 11.8. The molecule has 0 radical (unpaired) electrons. The summed E-state index contributed by atoms with van der Waals surface area (Å²) in [6, 6.07) is 20.2. The van der Waals surface area contributed by atoms with Gasteiger partial charge < -0.3 is 14.8 Å². The van der Waals surface area contributed by atoms with Crippen LogP contribution >= 0.6 is 0 Å². The predicted octanol–water partition coefficient (Wildman–Crippen LogP) is 4.21. The van der Waals surface area contributed by atoms with Crippen LogP contribution in [0.4, 0.5) is 0 Å². The van der Waals surface area contributed by atoms with Gasteiger partial charge in [-0.2, -0.15) is 4.98 Å². The van der Waals surface area contributed by atoms with Gasteiger partial charge in [-0.3, -0.25) is 9.36 Å². The summed E-state index contributed by atoms with van der Waals surface area (Å²) in [6.45, 7) is 2.32. The third-order valence-electron chi connectivity index (χ3n) is 6.28. The monoisotopic (exact) mass is 461 g/mol. The highest BCUT2D eigenvalue weighted by Gasteiger charge is 2.28. The Morgan fingerprint density at radius 3 is 2.29 bits per heavy atom. The SMILES string of the molecule is CCOc1nc(=O)n(C)c(C(=O)NC2CCC(c3ccccc3)CC2)c1OCc1ccccc1. The topological polar surface area (TPSA) is 82.5 Å². The number of benzene rings is 2. The van der Waals surface area contributed by atoms with Crippen molar-refractivity contribution >= 4 is 5.91 Å². The zero-order chi connectivity index (χ0) is 23.9. The molecule has 0 bridgehead atoms. The third-order valence-corrected chi connectivity index (χ3v) is 6.28. The summed E-state index contributed by atoms with van der Waals surface area (Å²) >= 11 is 0. The van der Waals surface area contributed by atoms with E-state index in [4.69, 9.17) is 9.47 Å². The van der Waals surface area contributed by atoms with E-state index in [-0.39, 0.29) is 35.9 Å². The number of hydrogen-bond donors (Lipinski definition) is 1. The van der Waals surface area contributed by atoms with Crippen molar-refractivity contribution in [3.63, 3.8) is 0 Å². The van der Waals surface area contributed by atoms with Gasteiger partial charge in [-0.05, 0) is 49.7 Å². The highest BCUT2D eigenvalue weighted by molar-refractivity contribution is 5.96. The van der Waals surface area contributed by atoms with Gasteiger partial charge in [0.05, 0.1) is 6.61 Å². The molecule has 0 aliphatic heterocycles. The highest BCUT2D eigenvalue weighted by Crippen LogP contribution is 2.33. The first kappa shape index (κ1) is 23.5. The van der Waals surface area contributed by atoms with E-state index in [0.29, 0.717) is 12.5 Å². The van der Waals surface area contributed by atoms with Crippen LogP contribution in [0.25, 0.3) is 0 Å². The van der Waals surface area contributed by atoms with Crippen LogP contribution in [0.2, 0.25) is 0 Å². The van der Waals surface area contributed by atoms with E-state index in [1.54, 1.807) is 6.92 Å². The minimum Gasteiger partial charge on any atom is -0.481 e. The Labute approximate surface area is 199 Å². The van der Waals surface area contributed by atoms with Gasteiger partial charge in [0.25, 0.3) is 11.8 Å². The molecule has 1 saturated carbocycles. The third kappa shape index (κ3) is 5.47. The standard InChI is InChI=1S/C27H31N3O4/c1-3-33-26-24(34-18-19-10-6-4-7-11-19)23(30(2)27(32)29-26)25(31)28-22-16-14-21(15-17-22)20-12-8-5-9-13-20/h4-13,21-22H,3,14-18H2,1-2H3,(H,28,31). The van der Waals surface area contributed by atoms with Crippen LogP contribution in [0.3, 0.4) is 0 Å². The van der Waals surface area contributed by atoms with Crippen molar-refractivity contribution in [1.29, 1.82) is 0 Å². The second-order valence-electron chi connectivity index (χ2n) is 8.58. The van der Waals surface area contributed by atoms with Crippen molar-refractivity contribution in [2.75, 3.05) is 6.61 Å². The molecular formula is C27H31N3O4. The van der Waals surface area contributed by atoms with Crippen LogP contribution in [0.15, 0.2) is 65.5 Å². The number of amides is 1.